The van der Waals surface area contributed by atoms with Gasteiger partial charge in [-0.3, -0.25) is 23.9 Å². The van der Waals surface area contributed by atoms with Gasteiger partial charge in [-0.15, -0.1) is 0 Å². The maximum atomic E-state index is 12.2. The van der Waals surface area contributed by atoms with Crippen LogP contribution in [0.2, 0.25) is 0 Å². The molecule has 0 aromatic carbocycles. The Bertz CT molecular complexity index is 890. The molecular formula is C21H32N2O8. The Hall–Kier alpha value is -2.46. The molecule has 3 atom stereocenters. The number of nitrogens with one attached hydrogen (secondary N) is 1. The minimum atomic E-state index is -0.706. The van der Waals surface area contributed by atoms with E-state index >= 15 is 0 Å². The van der Waals surface area contributed by atoms with E-state index in [-0.39, 0.29) is 13.4 Å². The lowest BCUT2D eigenvalue weighted by atomic mass is 9.97. The average Bonchev–Trinajstić information content (AvgIpc) is 3.12. The van der Waals surface area contributed by atoms with Crippen LogP contribution in [-0.4, -0.2) is 47.1 Å². The third-order valence-corrected chi connectivity index (χ3v) is 4.68. The smallest absolute Gasteiger partial charge is 0.330 e. The molecule has 1 N–H and O–H groups in total. The summed E-state index contributed by atoms with van der Waals surface area (Å²) in [5.74, 6) is -0.831. The number of aromatic nitrogens is 2. The van der Waals surface area contributed by atoms with Crippen molar-refractivity contribution in [3.8, 4) is 0 Å². The van der Waals surface area contributed by atoms with Crippen LogP contribution < -0.4 is 11.2 Å². The first kappa shape index (κ1) is 24.8. The minimum absolute atomic E-state index is 0.0962. The van der Waals surface area contributed by atoms with Gasteiger partial charge in [-0.2, -0.15) is 0 Å². The number of carbonyl (C=O) groups excluding carboxylic acids is 2. The zero-order valence-corrected chi connectivity index (χ0v) is 18.9. The predicted molar refractivity (Wildman–Crippen MR) is 110 cm³/mol. The minimum Gasteiger partial charge on any atom is -0.462 e. The summed E-state index contributed by atoms with van der Waals surface area (Å²) in [4.78, 5) is 49.7. The van der Waals surface area contributed by atoms with Gasteiger partial charge in [0, 0.05) is 12.3 Å². The summed E-state index contributed by atoms with van der Waals surface area (Å²) in [6.07, 6.45) is 0.560. The molecule has 0 amide bonds. The maximum absolute atomic E-state index is 12.2. The number of ether oxygens (including phenoxy) is 4. The second-order valence-corrected chi connectivity index (χ2v) is 9.58. The molecule has 0 radical (unpaired) electrons. The molecule has 1 aliphatic rings. The Morgan fingerprint density at radius 3 is 2.29 bits per heavy atom. The van der Waals surface area contributed by atoms with Crippen LogP contribution in [0.5, 0.6) is 0 Å². The highest BCUT2D eigenvalue weighted by molar-refractivity contribution is 5.75. The Morgan fingerprint density at radius 2 is 1.71 bits per heavy atom. The van der Waals surface area contributed by atoms with Gasteiger partial charge in [0.25, 0.3) is 5.56 Å². The van der Waals surface area contributed by atoms with Crippen molar-refractivity contribution in [2.24, 2.45) is 10.8 Å². The first-order valence-corrected chi connectivity index (χ1v) is 10.2. The van der Waals surface area contributed by atoms with Crippen LogP contribution in [0.25, 0.3) is 0 Å². The van der Waals surface area contributed by atoms with Gasteiger partial charge in [0.05, 0.1) is 16.9 Å². The van der Waals surface area contributed by atoms with E-state index < -0.39 is 52.5 Å². The molecule has 0 aliphatic carbocycles. The first-order chi connectivity index (χ1) is 14.3. The molecule has 1 aliphatic heterocycles. The topological polar surface area (TPSA) is 126 Å². The Labute approximate surface area is 180 Å². The second-order valence-electron chi connectivity index (χ2n) is 9.58. The Balaban J connectivity index is 2.06. The third-order valence-electron chi connectivity index (χ3n) is 4.68. The highest BCUT2D eigenvalue weighted by Gasteiger charge is 2.36. The number of H-pyrrole nitrogens is 1. The molecule has 31 heavy (non-hydrogen) atoms. The van der Waals surface area contributed by atoms with Crippen molar-refractivity contribution in [1.29, 1.82) is 0 Å². The van der Waals surface area contributed by atoms with Crippen molar-refractivity contribution in [2.45, 2.75) is 72.8 Å². The van der Waals surface area contributed by atoms with Crippen molar-refractivity contribution in [2.75, 3.05) is 13.4 Å². The fourth-order valence-electron chi connectivity index (χ4n) is 2.81. The maximum Gasteiger partial charge on any atom is 0.330 e. The standard InChI is InChI=1S/C21H32N2O8/c1-20(2,3)17(25)28-11-14(29-12-30-18(26)21(4,5)6)13-7-8-16(31-13)23-10-9-15(24)22-19(23)27/h9-10,13-14,16H,7-8,11-12H2,1-6H3,(H,22,24,27)/t13-,14?,16+/m0/s1. The molecule has 1 unspecified atom stereocenters. The fourth-order valence-corrected chi connectivity index (χ4v) is 2.81. The summed E-state index contributed by atoms with van der Waals surface area (Å²) in [6.45, 7) is 9.97. The van der Waals surface area contributed by atoms with E-state index in [0.717, 1.165) is 0 Å². The summed E-state index contributed by atoms with van der Waals surface area (Å²) >= 11 is 0. The zero-order valence-electron chi connectivity index (χ0n) is 18.9. The Morgan fingerprint density at radius 1 is 1.10 bits per heavy atom. The van der Waals surface area contributed by atoms with Gasteiger partial charge in [0.2, 0.25) is 0 Å². The van der Waals surface area contributed by atoms with Crippen molar-refractivity contribution < 1.29 is 28.5 Å². The van der Waals surface area contributed by atoms with Gasteiger partial charge >= 0.3 is 17.6 Å². The fraction of sp³-hybridized carbons (Fsp3) is 0.714. The number of hydrogen-bond donors (Lipinski definition) is 1. The van der Waals surface area contributed by atoms with Crippen LogP contribution >= 0.6 is 0 Å². The molecule has 10 nitrogen and oxygen atoms in total. The lowest BCUT2D eigenvalue weighted by Crippen LogP contribution is -2.38. The van der Waals surface area contributed by atoms with E-state index in [9.17, 15) is 19.2 Å². The van der Waals surface area contributed by atoms with E-state index in [2.05, 4.69) is 4.98 Å². The van der Waals surface area contributed by atoms with Crippen molar-refractivity contribution in [3.05, 3.63) is 33.1 Å². The lowest BCUT2D eigenvalue weighted by Gasteiger charge is -2.26. The van der Waals surface area contributed by atoms with Gasteiger partial charge < -0.3 is 18.9 Å². The molecule has 2 heterocycles. The molecule has 1 saturated heterocycles. The number of rotatable bonds is 7. The summed E-state index contributed by atoms with van der Waals surface area (Å²) < 4.78 is 23.5. The molecule has 1 aromatic heterocycles. The van der Waals surface area contributed by atoms with E-state index in [1.54, 1.807) is 41.5 Å². The average molecular weight is 440 g/mol. The Kier molecular flexibility index (Phi) is 7.82. The SMILES string of the molecule is CC(C)(C)C(=O)OCOC(COC(=O)C(C)(C)C)[C@@H]1CC[C@H](n2ccc(=O)[nH]c2=O)O1. The number of hydrogen-bond acceptors (Lipinski definition) is 8. The van der Waals surface area contributed by atoms with Gasteiger partial charge in [-0.05, 0) is 54.4 Å². The molecule has 1 fully saturated rings. The summed E-state index contributed by atoms with van der Waals surface area (Å²) in [5, 5.41) is 0. The molecule has 174 valence electrons. The van der Waals surface area contributed by atoms with Gasteiger partial charge in [-0.1, -0.05) is 0 Å². The van der Waals surface area contributed by atoms with Crippen LogP contribution in [0.3, 0.4) is 0 Å². The van der Waals surface area contributed by atoms with Crippen LogP contribution in [-0.2, 0) is 28.5 Å². The van der Waals surface area contributed by atoms with Crippen LogP contribution in [0.15, 0.2) is 21.9 Å². The van der Waals surface area contributed by atoms with Gasteiger partial charge in [0.15, 0.2) is 6.79 Å². The van der Waals surface area contributed by atoms with Gasteiger partial charge in [0.1, 0.15) is 18.9 Å². The van der Waals surface area contributed by atoms with E-state index in [1.807, 2.05) is 0 Å². The zero-order chi connectivity index (χ0) is 23.4. The number of esters is 2. The number of carbonyl (C=O) groups is 2. The summed E-state index contributed by atoms with van der Waals surface area (Å²) in [5.41, 5.74) is -2.44. The molecule has 10 heteroatoms. The van der Waals surface area contributed by atoms with Crippen molar-refractivity contribution in [1.82, 2.24) is 9.55 Å². The molecule has 1 aromatic rings. The molecule has 0 spiro atoms. The monoisotopic (exact) mass is 440 g/mol. The van der Waals surface area contributed by atoms with Crippen LogP contribution in [0.1, 0.15) is 60.6 Å². The molecule has 0 saturated carbocycles. The summed E-state index contributed by atoms with van der Waals surface area (Å²) in [7, 11) is 0. The molecule has 0 bridgehead atoms. The highest BCUT2D eigenvalue weighted by atomic mass is 16.7. The quantitative estimate of drug-likeness (QED) is 0.502. The third kappa shape index (κ3) is 7.03. The number of nitrogens with zero attached hydrogens (tertiary/aromatic N) is 1. The van der Waals surface area contributed by atoms with Crippen LogP contribution in [0, 0.1) is 10.8 Å². The van der Waals surface area contributed by atoms with Crippen molar-refractivity contribution in [3.63, 3.8) is 0 Å². The van der Waals surface area contributed by atoms with E-state index in [1.165, 1.54) is 16.8 Å². The van der Waals surface area contributed by atoms with E-state index in [4.69, 9.17) is 18.9 Å². The lowest BCUT2D eigenvalue weighted by molar-refractivity contribution is -0.189. The predicted octanol–water partition coefficient (Wildman–Crippen LogP) is 1.74. The normalized spacial score (nSPS) is 20.3. The first-order valence-electron chi connectivity index (χ1n) is 10.2. The van der Waals surface area contributed by atoms with E-state index in [0.29, 0.717) is 12.8 Å². The van der Waals surface area contributed by atoms with Gasteiger partial charge in [-0.25, -0.2) is 4.79 Å². The largest absolute Gasteiger partial charge is 0.462 e. The molecule has 2 rings (SSSR count). The second kappa shape index (κ2) is 9.78. The highest BCUT2D eigenvalue weighted by Crippen LogP contribution is 2.30. The number of aromatic amines is 1. The molecular weight excluding hydrogens is 408 g/mol. The van der Waals surface area contributed by atoms with Crippen LogP contribution in [0.4, 0.5) is 0 Å². The summed E-state index contributed by atoms with van der Waals surface area (Å²) in [6, 6.07) is 1.24. The van der Waals surface area contributed by atoms with Crippen molar-refractivity contribution >= 4 is 11.9 Å².